The second-order valence-corrected chi connectivity index (χ2v) is 6.75. The number of aromatic nitrogens is 3. The van der Waals surface area contributed by atoms with Gasteiger partial charge >= 0.3 is 5.97 Å². The largest absolute Gasteiger partial charge is 0.467 e. The molecule has 7 nitrogen and oxygen atoms in total. The number of esters is 1. The van der Waals surface area contributed by atoms with Crippen LogP contribution in [0.3, 0.4) is 0 Å². The number of hydrogen-bond acceptors (Lipinski definition) is 5. The number of fused-ring (bicyclic) bond motifs is 1. The zero-order valence-electron chi connectivity index (χ0n) is 16.5. The molecule has 0 aliphatic rings. The molecule has 2 heterocycles. The first-order chi connectivity index (χ1) is 13.4. The van der Waals surface area contributed by atoms with Gasteiger partial charge in [0.15, 0.2) is 5.65 Å². The Balaban J connectivity index is 2.12. The van der Waals surface area contributed by atoms with Gasteiger partial charge in [0, 0.05) is 12.1 Å². The van der Waals surface area contributed by atoms with Crippen LogP contribution in [-0.4, -0.2) is 39.3 Å². The predicted molar refractivity (Wildman–Crippen MR) is 107 cm³/mol. The molecule has 28 heavy (non-hydrogen) atoms. The summed E-state index contributed by atoms with van der Waals surface area (Å²) in [5.41, 5.74) is 1.50. The lowest BCUT2D eigenvalue weighted by Crippen LogP contribution is -2.52. The van der Waals surface area contributed by atoms with Gasteiger partial charge in [0.05, 0.1) is 30.0 Å². The van der Waals surface area contributed by atoms with Gasteiger partial charge in [-0.15, -0.1) is 0 Å². The van der Waals surface area contributed by atoms with Crippen molar-refractivity contribution in [1.82, 2.24) is 20.1 Å². The number of benzene rings is 1. The van der Waals surface area contributed by atoms with Gasteiger partial charge in [-0.25, -0.2) is 14.5 Å². The van der Waals surface area contributed by atoms with Crippen molar-refractivity contribution in [2.75, 3.05) is 7.11 Å². The Morgan fingerprint density at radius 2 is 1.93 bits per heavy atom. The zero-order chi connectivity index (χ0) is 20.3. The fraction of sp³-hybridized carbons (Fsp3) is 0.333. The number of carbonyl (C=O) groups excluding carboxylic acids is 2. The Morgan fingerprint density at radius 3 is 2.54 bits per heavy atom. The Bertz CT molecular complexity index is 1010. The summed E-state index contributed by atoms with van der Waals surface area (Å²) in [7, 11) is 1.31. The SMILES string of the molecule is CCn1ncc2c(C(=O)NC(C)(CC)C(=O)OC)cc(-c3ccccc3)nc21. The summed E-state index contributed by atoms with van der Waals surface area (Å²) in [4.78, 5) is 30.0. The van der Waals surface area contributed by atoms with Gasteiger partial charge in [-0.2, -0.15) is 5.10 Å². The number of nitrogens with zero attached hydrogens (tertiary/aromatic N) is 3. The van der Waals surface area contributed by atoms with Crippen molar-refractivity contribution in [2.24, 2.45) is 0 Å². The molecule has 0 bridgehead atoms. The first-order valence-corrected chi connectivity index (χ1v) is 9.26. The first-order valence-electron chi connectivity index (χ1n) is 9.26. The van der Waals surface area contributed by atoms with Crippen LogP contribution in [0.15, 0.2) is 42.6 Å². The van der Waals surface area contributed by atoms with Crippen LogP contribution in [0, 0.1) is 0 Å². The van der Waals surface area contributed by atoms with E-state index in [1.165, 1.54) is 7.11 Å². The average molecular weight is 380 g/mol. The molecule has 1 atom stereocenters. The van der Waals surface area contributed by atoms with Crippen LogP contribution in [0.25, 0.3) is 22.3 Å². The van der Waals surface area contributed by atoms with Gasteiger partial charge in [-0.05, 0) is 26.3 Å². The van der Waals surface area contributed by atoms with E-state index in [2.05, 4.69) is 10.4 Å². The van der Waals surface area contributed by atoms with Crippen LogP contribution in [0.2, 0.25) is 0 Å². The Morgan fingerprint density at radius 1 is 1.21 bits per heavy atom. The molecule has 2 aromatic heterocycles. The highest BCUT2D eigenvalue weighted by molar-refractivity contribution is 6.08. The highest BCUT2D eigenvalue weighted by Crippen LogP contribution is 2.25. The Kier molecular flexibility index (Phi) is 5.44. The highest BCUT2D eigenvalue weighted by Gasteiger charge is 2.35. The highest BCUT2D eigenvalue weighted by atomic mass is 16.5. The third kappa shape index (κ3) is 3.47. The fourth-order valence-electron chi connectivity index (χ4n) is 3.05. The molecule has 0 fully saturated rings. The standard InChI is InChI=1S/C21H24N4O3/c1-5-21(3,20(27)28-4)24-19(26)15-12-17(14-10-8-7-9-11-14)23-18-16(15)13-22-25(18)6-2/h7-13H,5-6H2,1-4H3,(H,24,26). The minimum Gasteiger partial charge on any atom is -0.467 e. The van der Waals surface area contributed by atoms with Gasteiger partial charge in [0.25, 0.3) is 5.91 Å². The van der Waals surface area contributed by atoms with E-state index in [1.807, 2.05) is 44.2 Å². The smallest absolute Gasteiger partial charge is 0.331 e. The molecule has 7 heteroatoms. The normalized spacial score (nSPS) is 13.1. The van der Waals surface area contributed by atoms with Gasteiger partial charge in [0.2, 0.25) is 0 Å². The maximum absolute atomic E-state index is 13.2. The summed E-state index contributed by atoms with van der Waals surface area (Å²) in [6.45, 7) is 6.08. The second-order valence-electron chi connectivity index (χ2n) is 6.75. The molecule has 0 saturated carbocycles. The Hall–Kier alpha value is -3.22. The van der Waals surface area contributed by atoms with Crippen molar-refractivity contribution in [2.45, 2.75) is 39.3 Å². The molecule has 0 aliphatic carbocycles. The van der Waals surface area contributed by atoms with Crippen molar-refractivity contribution < 1.29 is 14.3 Å². The number of methoxy groups -OCH3 is 1. The quantitative estimate of drug-likeness (QED) is 0.664. The minimum atomic E-state index is -1.12. The van der Waals surface area contributed by atoms with Gasteiger partial charge in [-0.3, -0.25) is 4.79 Å². The Labute approximate surface area is 163 Å². The van der Waals surface area contributed by atoms with Crippen molar-refractivity contribution >= 4 is 22.9 Å². The molecule has 0 saturated heterocycles. The van der Waals surface area contributed by atoms with E-state index in [-0.39, 0.29) is 5.91 Å². The number of carbonyl (C=O) groups is 2. The van der Waals surface area contributed by atoms with Crippen molar-refractivity contribution in [1.29, 1.82) is 0 Å². The van der Waals surface area contributed by atoms with Crippen LogP contribution < -0.4 is 5.32 Å². The third-order valence-corrected chi connectivity index (χ3v) is 4.96. The first kappa shape index (κ1) is 19.5. The van der Waals surface area contributed by atoms with E-state index in [0.29, 0.717) is 35.3 Å². The molecule has 0 radical (unpaired) electrons. The lowest BCUT2D eigenvalue weighted by molar-refractivity contribution is -0.147. The fourth-order valence-corrected chi connectivity index (χ4v) is 3.05. The van der Waals surface area contributed by atoms with Crippen LogP contribution in [0.1, 0.15) is 37.6 Å². The van der Waals surface area contributed by atoms with Crippen LogP contribution in [-0.2, 0) is 16.1 Å². The van der Waals surface area contributed by atoms with Crippen LogP contribution in [0.4, 0.5) is 0 Å². The van der Waals surface area contributed by atoms with Crippen molar-refractivity contribution in [3.8, 4) is 11.3 Å². The molecule has 146 valence electrons. The number of rotatable bonds is 6. The number of pyridine rings is 1. The molecular formula is C21H24N4O3. The molecule has 0 spiro atoms. The summed E-state index contributed by atoms with van der Waals surface area (Å²) in [6.07, 6.45) is 2.04. The summed E-state index contributed by atoms with van der Waals surface area (Å²) >= 11 is 0. The average Bonchev–Trinajstić information content (AvgIpc) is 3.15. The van der Waals surface area contributed by atoms with Crippen LogP contribution in [0.5, 0.6) is 0 Å². The molecule has 3 aromatic rings. The molecule has 1 aromatic carbocycles. The van der Waals surface area contributed by atoms with E-state index in [0.717, 1.165) is 5.56 Å². The number of hydrogen-bond donors (Lipinski definition) is 1. The second kappa shape index (κ2) is 7.80. The van der Waals surface area contributed by atoms with Crippen LogP contribution >= 0.6 is 0 Å². The molecular weight excluding hydrogens is 356 g/mol. The van der Waals surface area contributed by atoms with Gasteiger partial charge < -0.3 is 10.1 Å². The van der Waals surface area contributed by atoms with Gasteiger partial charge in [0.1, 0.15) is 5.54 Å². The molecule has 1 unspecified atom stereocenters. The molecule has 0 aliphatic heterocycles. The van der Waals surface area contributed by atoms with E-state index in [9.17, 15) is 9.59 Å². The molecule has 1 amide bonds. The lowest BCUT2D eigenvalue weighted by Gasteiger charge is -2.26. The van der Waals surface area contributed by atoms with E-state index >= 15 is 0 Å². The number of ether oxygens (including phenoxy) is 1. The monoisotopic (exact) mass is 380 g/mol. The lowest BCUT2D eigenvalue weighted by atomic mass is 9.97. The maximum atomic E-state index is 13.2. The number of amides is 1. The number of nitrogens with one attached hydrogen (secondary N) is 1. The molecule has 3 rings (SSSR count). The minimum absolute atomic E-state index is 0.366. The van der Waals surface area contributed by atoms with Crippen molar-refractivity contribution in [3.63, 3.8) is 0 Å². The van der Waals surface area contributed by atoms with E-state index in [1.54, 1.807) is 23.9 Å². The third-order valence-electron chi connectivity index (χ3n) is 4.96. The topological polar surface area (TPSA) is 86.1 Å². The molecule has 1 N–H and O–H groups in total. The number of aryl methyl sites for hydroxylation is 1. The van der Waals surface area contributed by atoms with Crippen molar-refractivity contribution in [3.05, 3.63) is 48.2 Å². The predicted octanol–water partition coefficient (Wildman–Crippen LogP) is 3.19. The summed E-state index contributed by atoms with van der Waals surface area (Å²) in [5.74, 6) is -0.851. The maximum Gasteiger partial charge on any atom is 0.331 e. The summed E-state index contributed by atoms with van der Waals surface area (Å²) < 4.78 is 6.61. The van der Waals surface area contributed by atoms with E-state index < -0.39 is 11.5 Å². The zero-order valence-corrected chi connectivity index (χ0v) is 16.5. The summed E-state index contributed by atoms with van der Waals surface area (Å²) in [5, 5.41) is 7.81. The summed E-state index contributed by atoms with van der Waals surface area (Å²) in [6, 6.07) is 11.4. The van der Waals surface area contributed by atoms with Gasteiger partial charge in [-0.1, -0.05) is 37.3 Å². The van der Waals surface area contributed by atoms with E-state index in [4.69, 9.17) is 9.72 Å².